The number of hydrogen-bond donors (Lipinski definition) is 0. The molecule has 0 aromatic carbocycles. The molecule has 0 N–H and O–H groups in total. The molecule has 0 amide bonds. The van der Waals surface area contributed by atoms with Crippen LogP contribution in [0.3, 0.4) is 0 Å². The number of ether oxygens (including phenoxy) is 3. The molecule has 0 aliphatic carbocycles. The highest BCUT2D eigenvalue weighted by molar-refractivity contribution is 6.31. The minimum Gasteiger partial charge on any atom is -0.481 e. The molecule has 8 nitrogen and oxygen atoms in total. The van der Waals surface area contributed by atoms with Crippen molar-refractivity contribution in [2.75, 3.05) is 27.4 Å². The monoisotopic (exact) mass is 363 g/mol. The number of methoxy groups -OCH3 is 1. The third-order valence-electron chi connectivity index (χ3n) is 3.44. The summed E-state index contributed by atoms with van der Waals surface area (Å²) < 4.78 is 15.4. The fraction of sp³-hybridized carbons (Fsp3) is 0.250. The van der Waals surface area contributed by atoms with E-state index in [1.165, 1.54) is 13.3 Å². The number of oxime groups is 1. The van der Waals surface area contributed by atoms with E-state index < -0.39 is 0 Å². The number of carbonyl (C=O) groups is 1. The van der Waals surface area contributed by atoms with E-state index in [2.05, 4.69) is 15.1 Å². The molecule has 0 unspecified atom stereocenters. The molecule has 0 atom stereocenters. The number of halogens is 1. The van der Waals surface area contributed by atoms with Gasteiger partial charge in [-0.15, -0.1) is 0 Å². The van der Waals surface area contributed by atoms with Gasteiger partial charge in [-0.25, -0.2) is 9.97 Å². The summed E-state index contributed by atoms with van der Waals surface area (Å²) in [5, 5.41) is 4.11. The molecule has 0 bridgehead atoms. The van der Waals surface area contributed by atoms with Gasteiger partial charge in [0, 0.05) is 12.4 Å². The second-order valence-corrected chi connectivity index (χ2v) is 5.25. The summed E-state index contributed by atoms with van der Waals surface area (Å²) >= 11 is 5.65. The van der Waals surface area contributed by atoms with Gasteiger partial charge < -0.3 is 19.0 Å². The number of Topliss-reactive ketones (excluding diaryl/α,β-unsaturated/α-hetero) is 1. The van der Waals surface area contributed by atoms with Crippen molar-refractivity contribution in [1.82, 2.24) is 9.97 Å². The number of rotatable bonds is 2. The Morgan fingerprint density at radius 1 is 1.08 bits per heavy atom. The number of pyridine rings is 2. The summed E-state index contributed by atoms with van der Waals surface area (Å²) in [6.45, 7) is 0.478. The van der Waals surface area contributed by atoms with E-state index in [1.54, 1.807) is 19.4 Å². The van der Waals surface area contributed by atoms with E-state index in [0.717, 1.165) is 11.3 Å². The van der Waals surface area contributed by atoms with Crippen LogP contribution in [0.5, 0.6) is 17.4 Å². The Morgan fingerprint density at radius 2 is 1.80 bits per heavy atom. The lowest BCUT2D eigenvalue weighted by Gasteiger charge is -2.02. The zero-order valence-corrected chi connectivity index (χ0v) is 14.2. The molecule has 0 saturated heterocycles. The minimum atomic E-state index is -0.0377. The van der Waals surface area contributed by atoms with Crippen LogP contribution < -0.4 is 14.2 Å². The van der Waals surface area contributed by atoms with Gasteiger partial charge in [-0.05, 0) is 12.1 Å². The zero-order chi connectivity index (χ0) is 17.8. The van der Waals surface area contributed by atoms with Gasteiger partial charge in [-0.1, -0.05) is 16.8 Å². The SMILES string of the molecule is CON=C1COc2c1ccnc2OC.O=C1COc2c1ccnc2Cl. The van der Waals surface area contributed by atoms with Crippen LogP contribution in [0.25, 0.3) is 0 Å². The highest BCUT2D eigenvalue weighted by Crippen LogP contribution is 2.33. The van der Waals surface area contributed by atoms with Gasteiger partial charge in [-0.2, -0.15) is 0 Å². The van der Waals surface area contributed by atoms with Gasteiger partial charge in [0.05, 0.1) is 18.2 Å². The number of nitrogens with zero attached hydrogens (tertiary/aromatic N) is 3. The Balaban J connectivity index is 0.000000150. The highest BCUT2D eigenvalue weighted by Gasteiger charge is 2.24. The van der Waals surface area contributed by atoms with E-state index >= 15 is 0 Å². The van der Waals surface area contributed by atoms with Crippen molar-refractivity contribution in [3.05, 3.63) is 40.8 Å². The molecule has 0 spiro atoms. The van der Waals surface area contributed by atoms with Crippen LogP contribution >= 0.6 is 11.6 Å². The van der Waals surface area contributed by atoms with Crippen molar-refractivity contribution >= 4 is 23.1 Å². The Kier molecular flexibility index (Phi) is 4.99. The van der Waals surface area contributed by atoms with Crippen LogP contribution in [0, 0.1) is 0 Å². The van der Waals surface area contributed by atoms with Crippen molar-refractivity contribution in [2.24, 2.45) is 5.16 Å². The molecule has 4 heterocycles. The molecule has 2 aliphatic heterocycles. The number of fused-ring (bicyclic) bond motifs is 2. The standard InChI is InChI=1S/C9H10N2O3.C7H4ClNO2/c1-12-9-8-6(3-4-10-9)7(5-14-8)11-13-2;8-7-6-4(1-2-9-7)5(10)3-11-6/h3-4H,5H2,1-2H3;1-2H,3H2. The third kappa shape index (κ3) is 3.34. The Morgan fingerprint density at radius 3 is 2.52 bits per heavy atom. The molecule has 0 radical (unpaired) electrons. The summed E-state index contributed by atoms with van der Waals surface area (Å²) in [6.07, 6.45) is 3.14. The number of carbonyl (C=O) groups excluding carboxylic acids is 1. The zero-order valence-electron chi connectivity index (χ0n) is 13.5. The van der Waals surface area contributed by atoms with Gasteiger partial charge >= 0.3 is 0 Å². The van der Waals surface area contributed by atoms with E-state index in [0.29, 0.717) is 29.5 Å². The highest BCUT2D eigenvalue weighted by atomic mass is 35.5. The lowest BCUT2D eigenvalue weighted by atomic mass is 10.2. The van der Waals surface area contributed by atoms with Gasteiger partial charge in [0.2, 0.25) is 5.78 Å². The molecule has 0 fully saturated rings. The maximum Gasteiger partial charge on any atom is 0.257 e. The largest absolute Gasteiger partial charge is 0.481 e. The van der Waals surface area contributed by atoms with E-state index in [1.807, 2.05) is 6.07 Å². The third-order valence-corrected chi connectivity index (χ3v) is 3.71. The molecule has 2 aliphatic rings. The fourth-order valence-corrected chi connectivity index (χ4v) is 2.55. The lowest BCUT2D eigenvalue weighted by Crippen LogP contribution is -2.02. The van der Waals surface area contributed by atoms with Crippen LogP contribution in [0.15, 0.2) is 29.7 Å². The topological polar surface area (TPSA) is 92.1 Å². The fourth-order valence-electron chi connectivity index (χ4n) is 2.34. The molecule has 25 heavy (non-hydrogen) atoms. The van der Waals surface area contributed by atoms with Crippen molar-refractivity contribution in [1.29, 1.82) is 0 Å². The molecule has 0 saturated carbocycles. The molecular formula is C16H14ClN3O5. The van der Waals surface area contributed by atoms with Crippen molar-refractivity contribution in [2.45, 2.75) is 0 Å². The van der Waals surface area contributed by atoms with Crippen LogP contribution in [0.1, 0.15) is 15.9 Å². The molecular weight excluding hydrogens is 350 g/mol. The second-order valence-electron chi connectivity index (χ2n) is 4.90. The van der Waals surface area contributed by atoms with E-state index in [9.17, 15) is 4.79 Å². The predicted octanol–water partition coefficient (Wildman–Crippen LogP) is 2.14. The number of ketones is 1. The van der Waals surface area contributed by atoms with Crippen LogP contribution in [0.4, 0.5) is 0 Å². The van der Waals surface area contributed by atoms with Crippen molar-refractivity contribution in [3.63, 3.8) is 0 Å². The van der Waals surface area contributed by atoms with Crippen LogP contribution in [-0.4, -0.2) is 48.9 Å². The van der Waals surface area contributed by atoms with Gasteiger partial charge in [0.1, 0.15) is 19.4 Å². The maximum absolute atomic E-state index is 11.0. The number of aromatic nitrogens is 2. The molecule has 2 aromatic rings. The summed E-state index contributed by atoms with van der Waals surface area (Å²) in [5.41, 5.74) is 2.16. The smallest absolute Gasteiger partial charge is 0.257 e. The average molecular weight is 364 g/mol. The summed E-state index contributed by atoms with van der Waals surface area (Å²) in [6, 6.07) is 3.43. The van der Waals surface area contributed by atoms with Crippen molar-refractivity contribution in [3.8, 4) is 17.4 Å². The Labute approximate surface area is 148 Å². The first kappa shape index (κ1) is 17.0. The first-order valence-electron chi connectivity index (χ1n) is 7.22. The molecule has 4 rings (SSSR count). The summed E-state index contributed by atoms with van der Waals surface area (Å²) in [5.74, 6) is 1.48. The predicted molar refractivity (Wildman–Crippen MR) is 88.9 cm³/mol. The molecule has 9 heteroatoms. The average Bonchev–Trinajstić information content (AvgIpc) is 3.21. The second kappa shape index (κ2) is 7.35. The van der Waals surface area contributed by atoms with E-state index in [-0.39, 0.29) is 17.5 Å². The lowest BCUT2D eigenvalue weighted by molar-refractivity contribution is 0.0961. The normalized spacial score (nSPS) is 15.5. The summed E-state index contributed by atoms with van der Waals surface area (Å²) in [7, 11) is 3.06. The minimum absolute atomic E-state index is 0.0377. The summed E-state index contributed by atoms with van der Waals surface area (Å²) in [4.78, 5) is 23.5. The molecule has 130 valence electrons. The first-order valence-corrected chi connectivity index (χ1v) is 7.60. The van der Waals surface area contributed by atoms with E-state index in [4.69, 9.17) is 30.6 Å². The Hall–Kier alpha value is -2.87. The van der Waals surface area contributed by atoms with Crippen LogP contribution in [0.2, 0.25) is 5.15 Å². The molecule has 2 aromatic heterocycles. The Bertz CT molecular complexity index is 841. The van der Waals surface area contributed by atoms with Gasteiger partial charge in [0.25, 0.3) is 5.88 Å². The van der Waals surface area contributed by atoms with Crippen molar-refractivity contribution < 1.29 is 23.8 Å². The van der Waals surface area contributed by atoms with Crippen LogP contribution in [-0.2, 0) is 4.84 Å². The van der Waals surface area contributed by atoms with Gasteiger partial charge in [0.15, 0.2) is 23.3 Å². The number of hydrogen-bond acceptors (Lipinski definition) is 8. The first-order chi connectivity index (χ1) is 12.2. The maximum atomic E-state index is 11.0. The quantitative estimate of drug-likeness (QED) is 0.596. The van der Waals surface area contributed by atoms with Gasteiger partial charge in [-0.3, -0.25) is 4.79 Å².